The SMILES string of the molecule is C[C@@H](O)[C@H](CO)NC(=O)c1cc(-c2ccccc2)nc2ccccc12. The predicted octanol–water partition coefficient (Wildman–Crippen LogP) is 2.37. The summed E-state index contributed by atoms with van der Waals surface area (Å²) in [6.45, 7) is 1.19. The molecule has 0 aliphatic rings. The highest BCUT2D eigenvalue weighted by Crippen LogP contribution is 2.24. The van der Waals surface area contributed by atoms with Crippen molar-refractivity contribution in [3.8, 4) is 11.3 Å². The molecule has 3 aromatic rings. The second kappa shape index (κ2) is 7.42. The van der Waals surface area contributed by atoms with Crippen LogP contribution in [0, 0.1) is 0 Å². The highest BCUT2D eigenvalue weighted by molar-refractivity contribution is 6.07. The molecule has 3 N–H and O–H groups in total. The topological polar surface area (TPSA) is 82.5 Å². The fourth-order valence-electron chi connectivity index (χ4n) is 2.68. The number of fused-ring (bicyclic) bond motifs is 1. The Morgan fingerprint density at radius 1 is 1.12 bits per heavy atom. The van der Waals surface area contributed by atoms with Crippen LogP contribution in [0.1, 0.15) is 17.3 Å². The van der Waals surface area contributed by atoms with Gasteiger partial charge in [0, 0.05) is 10.9 Å². The third kappa shape index (κ3) is 3.68. The van der Waals surface area contributed by atoms with E-state index in [2.05, 4.69) is 10.3 Å². The number of hydrogen-bond acceptors (Lipinski definition) is 4. The van der Waals surface area contributed by atoms with Gasteiger partial charge < -0.3 is 15.5 Å². The first-order valence-corrected chi connectivity index (χ1v) is 8.15. The van der Waals surface area contributed by atoms with Crippen LogP contribution >= 0.6 is 0 Å². The lowest BCUT2D eigenvalue weighted by Crippen LogP contribution is -2.44. The van der Waals surface area contributed by atoms with Crippen LogP contribution in [0.2, 0.25) is 0 Å². The monoisotopic (exact) mass is 336 g/mol. The zero-order chi connectivity index (χ0) is 17.8. The molecule has 0 fully saturated rings. The molecular weight excluding hydrogens is 316 g/mol. The maximum Gasteiger partial charge on any atom is 0.252 e. The summed E-state index contributed by atoms with van der Waals surface area (Å²) in [7, 11) is 0. The van der Waals surface area contributed by atoms with Gasteiger partial charge >= 0.3 is 0 Å². The van der Waals surface area contributed by atoms with Crippen molar-refractivity contribution in [2.45, 2.75) is 19.1 Å². The van der Waals surface area contributed by atoms with Crippen molar-refractivity contribution in [2.24, 2.45) is 0 Å². The van der Waals surface area contributed by atoms with E-state index in [0.29, 0.717) is 16.8 Å². The van der Waals surface area contributed by atoms with E-state index in [-0.39, 0.29) is 12.5 Å². The van der Waals surface area contributed by atoms with Gasteiger partial charge in [-0.3, -0.25) is 4.79 Å². The molecule has 1 aromatic heterocycles. The van der Waals surface area contributed by atoms with E-state index in [1.807, 2.05) is 54.6 Å². The van der Waals surface area contributed by atoms with Crippen LogP contribution in [-0.2, 0) is 0 Å². The van der Waals surface area contributed by atoms with E-state index in [1.54, 1.807) is 6.07 Å². The Hall–Kier alpha value is -2.76. The number of aliphatic hydroxyl groups is 2. The predicted molar refractivity (Wildman–Crippen MR) is 97.2 cm³/mol. The number of carbonyl (C=O) groups is 1. The summed E-state index contributed by atoms with van der Waals surface area (Å²) in [6, 6.07) is 18.1. The number of carbonyl (C=O) groups excluding carboxylic acids is 1. The van der Waals surface area contributed by atoms with Gasteiger partial charge in [-0.1, -0.05) is 48.5 Å². The average Bonchev–Trinajstić information content (AvgIpc) is 2.65. The first-order chi connectivity index (χ1) is 12.1. The number of aromatic nitrogens is 1. The highest BCUT2D eigenvalue weighted by Gasteiger charge is 2.20. The molecule has 0 aliphatic heterocycles. The first-order valence-electron chi connectivity index (χ1n) is 8.15. The standard InChI is InChI=1S/C20H20N2O3/c1-13(24)19(12-23)22-20(25)16-11-18(14-7-3-2-4-8-14)21-17-10-6-5-9-15(16)17/h2-11,13,19,23-24H,12H2,1H3,(H,22,25)/t13-,19+/m1/s1. The van der Waals surface area contributed by atoms with Crippen molar-refractivity contribution in [3.05, 3.63) is 66.2 Å². The second-order valence-corrected chi connectivity index (χ2v) is 5.94. The van der Waals surface area contributed by atoms with Crippen LogP contribution in [0.3, 0.4) is 0 Å². The van der Waals surface area contributed by atoms with Gasteiger partial charge in [0.1, 0.15) is 0 Å². The van der Waals surface area contributed by atoms with Crippen LogP contribution in [0.25, 0.3) is 22.2 Å². The maximum atomic E-state index is 12.8. The summed E-state index contributed by atoms with van der Waals surface area (Å²) in [6.07, 6.45) is -0.851. The molecule has 0 radical (unpaired) electrons. The number of benzene rings is 2. The Morgan fingerprint density at radius 2 is 1.80 bits per heavy atom. The molecule has 0 spiro atoms. The van der Waals surface area contributed by atoms with Crippen LogP contribution < -0.4 is 5.32 Å². The minimum Gasteiger partial charge on any atom is -0.394 e. The molecule has 5 heteroatoms. The zero-order valence-electron chi connectivity index (χ0n) is 13.9. The molecule has 0 bridgehead atoms. The fraction of sp³-hybridized carbons (Fsp3) is 0.200. The van der Waals surface area contributed by atoms with Gasteiger partial charge in [0.25, 0.3) is 5.91 Å². The number of hydrogen-bond donors (Lipinski definition) is 3. The molecule has 3 rings (SSSR count). The lowest BCUT2D eigenvalue weighted by atomic mass is 10.0. The normalized spacial score (nSPS) is 13.4. The number of nitrogens with zero attached hydrogens (tertiary/aromatic N) is 1. The van der Waals surface area contributed by atoms with Gasteiger partial charge in [-0.05, 0) is 19.1 Å². The molecule has 0 aliphatic carbocycles. The van der Waals surface area contributed by atoms with Crippen molar-refractivity contribution in [3.63, 3.8) is 0 Å². The van der Waals surface area contributed by atoms with E-state index in [0.717, 1.165) is 10.9 Å². The van der Waals surface area contributed by atoms with Crippen molar-refractivity contribution >= 4 is 16.8 Å². The van der Waals surface area contributed by atoms with Gasteiger partial charge in [-0.15, -0.1) is 0 Å². The Labute approximate surface area is 146 Å². The number of para-hydroxylation sites is 1. The van der Waals surface area contributed by atoms with E-state index in [1.165, 1.54) is 6.92 Å². The summed E-state index contributed by atoms with van der Waals surface area (Å²) >= 11 is 0. The van der Waals surface area contributed by atoms with Crippen molar-refractivity contribution in [1.29, 1.82) is 0 Å². The Balaban J connectivity index is 2.08. The molecule has 0 saturated carbocycles. The highest BCUT2D eigenvalue weighted by atomic mass is 16.3. The van der Waals surface area contributed by atoms with Crippen LogP contribution in [-0.4, -0.2) is 39.9 Å². The summed E-state index contributed by atoms with van der Waals surface area (Å²) in [5, 5.41) is 22.4. The molecule has 0 unspecified atom stereocenters. The van der Waals surface area contributed by atoms with E-state index in [4.69, 9.17) is 0 Å². The molecule has 1 amide bonds. The molecule has 5 nitrogen and oxygen atoms in total. The number of aliphatic hydroxyl groups excluding tert-OH is 2. The molecular formula is C20H20N2O3. The third-order valence-corrected chi connectivity index (χ3v) is 4.13. The Morgan fingerprint density at radius 3 is 2.48 bits per heavy atom. The smallest absolute Gasteiger partial charge is 0.252 e. The molecule has 25 heavy (non-hydrogen) atoms. The Bertz CT molecular complexity index is 879. The van der Waals surface area contributed by atoms with Crippen LogP contribution in [0.5, 0.6) is 0 Å². The van der Waals surface area contributed by atoms with E-state index < -0.39 is 12.1 Å². The van der Waals surface area contributed by atoms with Crippen molar-refractivity contribution in [2.75, 3.05) is 6.61 Å². The van der Waals surface area contributed by atoms with Gasteiger partial charge in [-0.25, -0.2) is 4.98 Å². The Kier molecular flexibility index (Phi) is 5.07. The summed E-state index contributed by atoms with van der Waals surface area (Å²) in [5.41, 5.74) is 2.79. The maximum absolute atomic E-state index is 12.8. The summed E-state index contributed by atoms with van der Waals surface area (Å²) in [4.78, 5) is 17.4. The second-order valence-electron chi connectivity index (χ2n) is 5.94. The molecule has 0 saturated heterocycles. The number of pyridine rings is 1. The zero-order valence-corrected chi connectivity index (χ0v) is 13.9. The van der Waals surface area contributed by atoms with E-state index in [9.17, 15) is 15.0 Å². The van der Waals surface area contributed by atoms with Crippen LogP contribution in [0.15, 0.2) is 60.7 Å². The summed E-state index contributed by atoms with van der Waals surface area (Å²) < 4.78 is 0. The van der Waals surface area contributed by atoms with Gasteiger partial charge in [0.05, 0.1) is 35.5 Å². The molecule has 2 aromatic carbocycles. The average molecular weight is 336 g/mol. The fourth-order valence-corrected chi connectivity index (χ4v) is 2.68. The van der Waals surface area contributed by atoms with Gasteiger partial charge in [-0.2, -0.15) is 0 Å². The lowest BCUT2D eigenvalue weighted by Gasteiger charge is -2.19. The third-order valence-electron chi connectivity index (χ3n) is 4.13. The molecule has 2 atom stereocenters. The quantitative estimate of drug-likeness (QED) is 0.668. The van der Waals surface area contributed by atoms with Crippen molar-refractivity contribution < 1.29 is 15.0 Å². The molecule has 128 valence electrons. The van der Waals surface area contributed by atoms with Gasteiger partial charge in [0.2, 0.25) is 0 Å². The first kappa shape index (κ1) is 17.1. The number of rotatable bonds is 5. The van der Waals surface area contributed by atoms with Crippen LogP contribution in [0.4, 0.5) is 0 Å². The minimum absolute atomic E-state index is 0.335. The van der Waals surface area contributed by atoms with Gasteiger partial charge in [0.15, 0.2) is 0 Å². The van der Waals surface area contributed by atoms with Crippen molar-refractivity contribution in [1.82, 2.24) is 10.3 Å². The summed E-state index contributed by atoms with van der Waals surface area (Å²) in [5.74, 6) is -0.351. The number of nitrogens with one attached hydrogen (secondary N) is 1. The minimum atomic E-state index is -0.851. The largest absolute Gasteiger partial charge is 0.394 e. The molecule has 1 heterocycles. The van der Waals surface area contributed by atoms with E-state index >= 15 is 0 Å². The lowest BCUT2D eigenvalue weighted by molar-refractivity contribution is 0.0759. The number of amides is 1.